The van der Waals surface area contributed by atoms with Crippen LogP contribution in [0.1, 0.15) is 169 Å². The fraction of sp³-hybridized carbons (Fsp3) is 0.971. The van der Waals surface area contributed by atoms with Crippen molar-refractivity contribution < 1.29 is 36.4 Å². The van der Waals surface area contributed by atoms with Crippen molar-refractivity contribution in [3.05, 3.63) is 0 Å². The van der Waals surface area contributed by atoms with E-state index in [0.717, 1.165) is 38.5 Å². The van der Waals surface area contributed by atoms with Crippen LogP contribution < -0.4 is 0 Å². The van der Waals surface area contributed by atoms with Crippen molar-refractivity contribution in [2.75, 3.05) is 6.61 Å². The molecule has 1 aliphatic heterocycles. The fourth-order valence-electron chi connectivity index (χ4n) is 6.06. The zero-order chi connectivity index (χ0) is 31.2. The number of unbranched alkanes of at least 4 members (excludes halogenated alkanes) is 19. The van der Waals surface area contributed by atoms with Gasteiger partial charge in [-0.3, -0.25) is 4.79 Å². The molecule has 1 saturated heterocycles. The average molecular weight is 588 g/mol. The van der Waals surface area contributed by atoms with Gasteiger partial charge in [-0.25, -0.2) is 0 Å². The van der Waals surface area contributed by atoms with Gasteiger partial charge < -0.3 is 30.3 Å². The van der Waals surface area contributed by atoms with Crippen LogP contribution in [0.3, 0.4) is 0 Å². The summed E-state index contributed by atoms with van der Waals surface area (Å²) in [6, 6.07) is 0. The van der Waals surface area contributed by atoms with E-state index >= 15 is 0 Å². The molecule has 0 saturated carbocycles. The third-order valence-corrected chi connectivity index (χ3v) is 8.91. The molecule has 244 valence electrons. The minimum atomic E-state index is -2.77. The molecule has 0 bridgehead atoms. The van der Waals surface area contributed by atoms with Crippen molar-refractivity contribution in [3.8, 4) is 0 Å². The molecule has 7 nitrogen and oxygen atoms in total. The molecule has 0 radical (unpaired) electrons. The smallest absolute Gasteiger partial charge is 0.184 e. The van der Waals surface area contributed by atoms with Crippen LogP contribution in [0.2, 0.25) is 0 Å². The molecule has 7 heteroatoms. The second-order valence-electron chi connectivity index (χ2n) is 12.5. The molecule has 0 aliphatic carbocycles. The quantitative estimate of drug-likeness (QED) is 0.0674. The SMILES string of the molecule is [2H]C(C(=O)[C@]1(O)[C@H](O)[C@@H](CO)OC(O)[C@@H]1O)C(CCCCCCCCCCC)CCCCCCCCCCCCCC. The first kappa shape index (κ1) is 36.6. The molecule has 0 aromatic rings. The second kappa shape index (κ2) is 23.8. The van der Waals surface area contributed by atoms with Gasteiger partial charge in [-0.15, -0.1) is 0 Å². The maximum absolute atomic E-state index is 13.5. The molecule has 41 heavy (non-hydrogen) atoms. The first-order valence-corrected chi connectivity index (χ1v) is 17.2. The molecule has 1 rings (SSSR count). The topological polar surface area (TPSA) is 127 Å². The molecule has 1 fully saturated rings. The van der Waals surface area contributed by atoms with Crippen molar-refractivity contribution in [2.45, 2.75) is 198 Å². The number of aliphatic hydroxyl groups is 5. The summed E-state index contributed by atoms with van der Waals surface area (Å²) >= 11 is 0. The zero-order valence-electron chi connectivity index (χ0n) is 27.5. The predicted molar refractivity (Wildman–Crippen MR) is 166 cm³/mol. The van der Waals surface area contributed by atoms with Gasteiger partial charge in [0.15, 0.2) is 17.7 Å². The molecule has 5 N–H and O–H groups in total. The number of rotatable bonds is 27. The second-order valence-corrected chi connectivity index (χ2v) is 12.5. The van der Waals surface area contributed by atoms with Crippen LogP contribution in [0, 0.1) is 5.92 Å². The first-order chi connectivity index (χ1) is 20.2. The monoisotopic (exact) mass is 587 g/mol. The third-order valence-electron chi connectivity index (χ3n) is 8.91. The highest BCUT2D eigenvalue weighted by atomic mass is 16.6. The number of carbonyl (C=O) groups excluding carboxylic acids is 1. The van der Waals surface area contributed by atoms with E-state index in [-0.39, 0.29) is 5.92 Å². The van der Waals surface area contributed by atoms with Crippen LogP contribution in [0.25, 0.3) is 0 Å². The average Bonchev–Trinajstić information content (AvgIpc) is 2.99. The lowest BCUT2D eigenvalue weighted by atomic mass is 9.76. The van der Waals surface area contributed by atoms with E-state index in [1.165, 1.54) is 96.3 Å². The lowest BCUT2D eigenvalue weighted by Gasteiger charge is -2.45. The van der Waals surface area contributed by atoms with Crippen molar-refractivity contribution in [1.82, 2.24) is 0 Å². The molecule has 0 spiro atoms. The summed E-state index contributed by atoms with van der Waals surface area (Å²) in [4.78, 5) is 13.5. The number of ketones is 1. The van der Waals surface area contributed by atoms with Gasteiger partial charge in [-0.05, 0) is 5.92 Å². The zero-order valence-corrected chi connectivity index (χ0v) is 26.5. The lowest BCUT2D eigenvalue weighted by molar-refractivity contribution is -0.311. The minimum Gasteiger partial charge on any atom is -0.394 e. The summed E-state index contributed by atoms with van der Waals surface area (Å²) < 4.78 is 13.8. The highest BCUT2D eigenvalue weighted by Gasteiger charge is 2.58. The Morgan fingerprint density at radius 3 is 1.41 bits per heavy atom. The van der Waals surface area contributed by atoms with Gasteiger partial charge in [-0.1, -0.05) is 162 Å². The molecule has 1 heterocycles. The van der Waals surface area contributed by atoms with E-state index in [4.69, 9.17) is 6.11 Å². The van der Waals surface area contributed by atoms with E-state index in [0.29, 0.717) is 12.8 Å². The third kappa shape index (κ3) is 15.1. The van der Waals surface area contributed by atoms with E-state index in [1.807, 2.05) is 0 Å². The standard InChI is InChI=1S/C34H66O7/c1-3-5-7-9-11-13-14-15-17-19-21-23-25-28(24-22-20-18-16-12-10-8-6-4-2)26-30(36)34(40)31(37)29(27-35)41-33(39)32(34)38/h28-29,31-33,35,37-40H,3-27H2,1-2H3/t28?,29-,31-,32+,33?,34+/m1/s1/i26D/t26?,28?,29-,31-,32+,33?,34+. The molecule has 0 aromatic carbocycles. The Hall–Kier alpha value is -0.570. The van der Waals surface area contributed by atoms with E-state index < -0.39 is 49.0 Å². The Labute approximate surface area is 252 Å². The Morgan fingerprint density at radius 1 is 0.683 bits per heavy atom. The van der Waals surface area contributed by atoms with E-state index in [1.54, 1.807) is 0 Å². The number of aliphatic hydroxyl groups excluding tert-OH is 4. The summed E-state index contributed by atoms with van der Waals surface area (Å²) in [6.45, 7) is 3.71. The maximum atomic E-state index is 13.5. The number of Topliss-reactive ketones (excluding diaryl/α,β-unsaturated/α-hetero) is 1. The van der Waals surface area contributed by atoms with E-state index in [9.17, 15) is 30.3 Å². The first-order valence-electron chi connectivity index (χ1n) is 17.8. The fourth-order valence-corrected chi connectivity index (χ4v) is 6.06. The Balaban J connectivity index is 2.60. The van der Waals surface area contributed by atoms with Crippen molar-refractivity contribution in [2.24, 2.45) is 5.92 Å². The summed E-state index contributed by atoms with van der Waals surface area (Å²) in [5, 5.41) is 51.8. The Morgan fingerprint density at radius 2 is 1.05 bits per heavy atom. The van der Waals surface area contributed by atoms with E-state index in [2.05, 4.69) is 13.8 Å². The Bertz CT molecular complexity index is 666. The molecule has 0 amide bonds. The van der Waals surface area contributed by atoms with Crippen molar-refractivity contribution in [3.63, 3.8) is 0 Å². The summed E-state index contributed by atoms with van der Waals surface area (Å²) in [7, 11) is 0. The molecular weight excluding hydrogens is 520 g/mol. The van der Waals surface area contributed by atoms with Crippen LogP contribution in [-0.4, -0.2) is 68.1 Å². The summed E-state index contributed by atoms with van der Waals surface area (Å²) in [6.07, 6.45) is 17.8. The number of ether oxygens (including phenoxy) is 1. The van der Waals surface area contributed by atoms with Crippen LogP contribution >= 0.6 is 0 Å². The minimum absolute atomic E-state index is 0.318. The number of carbonyl (C=O) groups is 1. The van der Waals surface area contributed by atoms with Crippen LogP contribution in [-0.2, 0) is 9.53 Å². The van der Waals surface area contributed by atoms with Gasteiger partial charge in [0.05, 0.1) is 6.61 Å². The molecule has 3 unspecified atom stereocenters. The predicted octanol–water partition coefficient (Wildman–Crippen LogP) is 6.74. The van der Waals surface area contributed by atoms with Gasteiger partial charge in [0.2, 0.25) is 0 Å². The summed E-state index contributed by atoms with van der Waals surface area (Å²) in [5.74, 6) is -1.33. The molecule has 0 aromatic heterocycles. The van der Waals surface area contributed by atoms with Gasteiger partial charge in [0, 0.05) is 7.77 Å². The number of hydrogen-bond donors (Lipinski definition) is 5. The van der Waals surface area contributed by atoms with Crippen molar-refractivity contribution in [1.29, 1.82) is 0 Å². The van der Waals surface area contributed by atoms with Gasteiger partial charge in [0.25, 0.3) is 0 Å². The normalized spacial score (nSPS) is 26.6. The van der Waals surface area contributed by atoms with Crippen molar-refractivity contribution >= 4 is 5.78 Å². The van der Waals surface area contributed by atoms with Gasteiger partial charge in [-0.2, -0.15) is 0 Å². The van der Waals surface area contributed by atoms with Crippen LogP contribution in [0.5, 0.6) is 0 Å². The lowest BCUT2D eigenvalue weighted by Crippen LogP contribution is -2.70. The van der Waals surface area contributed by atoms with Crippen LogP contribution in [0.4, 0.5) is 0 Å². The summed E-state index contributed by atoms with van der Waals surface area (Å²) in [5.41, 5.74) is -2.77. The maximum Gasteiger partial charge on any atom is 0.184 e. The molecular formula is C34H66O7. The molecule has 7 atom stereocenters. The highest BCUT2D eigenvalue weighted by Crippen LogP contribution is 2.33. The van der Waals surface area contributed by atoms with Gasteiger partial charge in [0.1, 0.15) is 18.3 Å². The van der Waals surface area contributed by atoms with Crippen LogP contribution in [0.15, 0.2) is 0 Å². The Kier molecular flexibility index (Phi) is 21.3. The largest absolute Gasteiger partial charge is 0.394 e. The van der Waals surface area contributed by atoms with Gasteiger partial charge >= 0.3 is 0 Å². The molecule has 1 aliphatic rings. The number of hydrogen-bond acceptors (Lipinski definition) is 7. The highest BCUT2D eigenvalue weighted by molar-refractivity contribution is 5.89.